The first-order chi connectivity index (χ1) is 9.06. The first-order valence-electron chi connectivity index (χ1n) is 6.52. The van der Waals surface area contributed by atoms with Crippen molar-refractivity contribution in [2.45, 2.75) is 32.9 Å². The van der Waals surface area contributed by atoms with Gasteiger partial charge < -0.3 is 10.1 Å². The molecule has 0 spiro atoms. The topological polar surface area (TPSA) is 38.3 Å². The van der Waals surface area contributed by atoms with Crippen LogP contribution < -0.4 is 10.1 Å². The number of nitrogens with one attached hydrogen (secondary N) is 1. The van der Waals surface area contributed by atoms with Crippen LogP contribution in [0.3, 0.4) is 0 Å². The number of hydrogen-bond acceptors (Lipinski definition) is 2. The molecule has 3 nitrogen and oxygen atoms in total. The van der Waals surface area contributed by atoms with Crippen LogP contribution in [-0.2, 0) is 4.79 Å². The quantitative estimate of drug-likeness (QED) is 0.845. The average molecular weight is 257 g/mol. The zero-order chi connectivity index (χ0) is 13.8. The third-order valence-corrected chi connectivity index (χ3v) is 2.87. The fourth-order valence-electron chi connectivity index (χ4n) is 1.95. The van der Waals surface area contributed by atoms with E-state index in [0.717, 1.165) is 16.9 Å². The Hall–Kier alpha value is -2.03. The molecule has 0 saturated carbocycles. The van der Waals surface area contributed by atoms with Crippen molar-refractivity contribution in [3.05, 3.63) is 47.6 Å². The number of amides is 1. The number of rotatable bonds is 3. The minimum absolute atomic E-state index is 0.0435. The number of hydrogen-bond donors (Lipinski definition) is 1. The van der Waals surface area contributed by atoms with Crippen molar-refractivity contribution in [1.29, 1.82) is 0 Å². The molecule has 3 heteroatoms. The van der Waals surface area contributed by atoms with Gasteiger partial charge in [0.15, 0.2) is 0 Å². The maximum atomic E-state index is 11.6. The number of ether oxygens (including phenoxy) is 1. The van der Waals surface area contributed by atoms with Crippen LogP contribution >= 0.6 is 0 Å². The summed E-state index contributed by atoms with van der Waals surface area (Å²) in [5.74, 6) is 0.806. The number of benzene rings is 1. The van der Waals surface area contributed by atoms with Crippen LogP contribution in [0.2, 0.25) is 0 Å². The van der Waals surface area contributed by atoms with Gasteiger partial charge in [0.2, 0.25) is 5.91 Å². The van der Waals surface area contributed by atoms with Crippen LogP contribution in [-0.4, -0.2) is 18.1 Å². The summed E-state index contributed by atoms with van der Waals surface area (Å²) in [6.07, 6.45) is 5.39. The molecule has 2 rings (SSSR count). The molecule has 1 aromatic carbocycles. The minimum Gasteiger partial charge on any atom is -0.485 e. The van der Waals surface area contributed by atoms with Gasteiger partial charge in [-0.1, -0.05) is 18.2 Å². The number of carbonyl (C=O) groups is 1. The lowest BCUT2D eigenvalue weighted by molar-refractivity contribution is -0.116. The molecule has 0 saturated heterocycles. The Balaban J connectivity index is 2.15. The molecule has 1 atom stereocenters. The molecule has 1 unspecified atom stereocenters. The van der Waals surface area contributed by atoms with Crippen LogP contribution in [0, 0.1) is 0 Å². The highest BCUT2D eigenvalue weighted by Crippen LogP contribution is 2.29. The Morgan fingerprint density at radius 3 is 2.84 bits per heavy atom. The van der Waals surface area contributed by atoms with Crippen molar-refractivity contribution >= 4 is 12.0 Å². The molecule has 1 aliphatic heterocycles. The highest BCUT2D eigenvalue weighted by atomic mass is 16.5. The molecule has 1 amide bonds. The van der Waals surface area contributed by atoms with E-state index in [1.54, 1.807) is 6.08 Å². The Morgan fingerprint density at radius 2 is 2.11 bits per heavy atom. The van der Waals surface area contributed by atoms with Crippen LogP contribution in [0.5, 0.6) is 5.75 Å². The third kappa shape index (κ3) is 3.47. The van der Waals surface area contributed by atoms with Gasteiger partial charge in [0.1, 0.15) is 11.9 Å². The molecule has 0 fully saturated rings. The standard InChI is InChI=1S/C16H19NO2/c1-11(2)17-16(18)9-8-13-10-14-6-4-5-7-15(14)19-12(13)3/h4-12H,1-3H3,(H,17,18)/b9-8+. The second-order valence-corrected chi connectivity index (χ2v) is 4.94. The summed E-state index contributed by atoms with van der Waals surface area (Å²) in [6.45, 7) is 5.85. The summed E-state index contributed by atoms with van der Waals surface area (Å²) in [5, 5.41) is 2.82. The molecule has 1 N–H and O–H groups in total. The van der Waals surface area contributed by atoms with E-state index in [9.17, 15) is 4.79 Å². The molecule has 19 heavy (non-hydrogen) atoms. The zero-order valence-electron chi connectivity index (χ0n) is 11.5. The molecule has 1 heterocycles. The van der Waals surface area contributed by atoms with Crippen molar-refractivity contribution in [1.82, 2.24) is 5.32 Å². The van der Waals surface area contributed by atoms with Crippen molar-refractivity contribution in [3.63, 3.8) is 0 Å². The zero-order valence-corrected chi connectivity index (χ0v) is 11.5. The second kappa shape index (κ2) is 5.74. The molecule has 0 aromatic heterocycles. The van der Waals surface area contributed by atoms with Crippen molar-refractivity contribution in [3.8, 4) is 5.75 Å². The van der Waals surface area contributed by atoms with Gasteiger partial charge in [0.25, 0.3) is 0 Å². The monoisotopic (exact) mass is 257 g/mol. The van der Waals surface area contributed by atoms with E-state index < -0.39 is 0 Å². The SMILES string of the molecule is CC(C)NC(=O)/C=C/C1=Cc2ccccc2OC1C. The van der Waals surface area contributed by atoms with E-state index in [4.69, 9.17) is 4.74 Å². The molecule has 1 aliphatic rings. The predicted octanol–water partition coefficient (Wildman–Crippen LogP) is 2.93. The van der Waals surface area contributed by atoms with Gasteiger partial charge in [0.05, 0.1) is 0 Å². The normalized spacial score (nSPS) is 17.9. The fourth-order valence-corrected chi connectivity index (χ4v) is 1.95. The summed E-state index contributed by atoms with van der Waals surface area (Å²) in [4.78, 5) is 11.6. The van der Waals surface area contributed by atoms with Gasteiger partial charge in [-0.05, 0) is 44.6 Å². The minimum atomic E-state index is -0.0815. The van der Waals surface area contributed by atoms with E-state index in [-0.39, 0.29) is 18.1 Å². The van der Waals surface area contributed by atoms with Gasteiger partial charge in [-0.3, -0.25) is 4.79 Å². The lowest BCUT2D eigenvalue weighted by Crippen LogP contribution is -2.28. The van der Waals surface area contributed by atoms with Crippen LogP contribution in [0.1, 0.15) is 26.3 Å². The highest BCUT2D eigenvalue weighted by Gasteiger charge is 2.16. The maximum Gasteiger partial charge on any atom is 0.244 e. The Morgan fingerprint density at radius 1 is 1.37 bits per heavy atom. The second-order valence-electron chi connectivity index (χ2n) is 4.94. The molecular formula is C16H19NO2. The van der Waals surface area contributed by atoms with E-state index >= 15 is 0 Å². The molecule has 1 aromatic rings. The van der Waals surface area contributed by atoms with E-state index in [1.807, 2.05) is 51.1 Å². The van der Waals surface area contributed by atoms with E-state index in [0.29, 0.717) is 0 Å². The van der Waals surface area contributed by atoms with Crippen LogP contribution in [0.4, 0.5) is 0 Å². The molecule has 0 radical (unpaired) electrons. The maximum absolute atomic E-state index is 11.6. The van der Waals surface area contributed by atoms with Gasteiger partial charge in [-0.15, -0.1) is 0 Å². The first kappa shape index (κ1) is 13.4. The summed E-state index contributed by atoms with van der Waals surface area (Å²) in [5.41, 5.74) is 2.04. The molecular weight excluding hydrogens is 238 g/mol. The lowest BCUT2D eigenvalue weighted by atomic mass is 10.0. The molecule has 0 bridgehead atoms. The first-order valence-corrected chi connectivity index (χ1v) is 6.52. The molecule has 0 aliphatic carbocycles. The Kier molecular flexibility index (Phi) is 4.05. The van der Waals surface area contributed by atoms with Crippen molar-refractivity contribution in [2.24, 2.45) is 0 Å². The predicted molar refractivity (Wildman–Crippen MR) is 76.9 cm³/mol. The van der Waals surface area contributed by atoms with E-state index in [2.05, 4.69) is 11.4 Å². The van der Waals surface area contributed by atoms with Crippen molar-refractivity contribution in [2.75, 3.05) is 0 Å². The number of para-hydroxylation sites is 1. The summed E-state index contributed by atoms with van der Waals surface area (Å²) < 4.78 is 5.81. The fraction of sp³-hybridized carbons (Fsp3) is 0.312. The van der Waals surface area contributed by atoms with Crippen LogP contribution in [0.15, 0.2) is 42.0 Å². The smallest absolute Gasteiger partial charge is 0.244 e. The third-order valence-electron chi connectivity index (χ3n) is 2.87. The number of fused-ring (bicyclic) bond motifs is 1. The molecule has 100 valence electrons. The Bertz CT molecular complexity index is 529. The summed E-state index contributed by atoms with van der Waals surface area (Å²) in [6, 6.07) is 8.03. The van der Waals surface area contributed by atoms with Gasteiger partial charge in [-0.2, -0.15) is 0 Å². The average Bonchev–Trinajstić information content (AvgIpc) is 2.35. The van der Waals surface area contributed by atoms with Crippen LogP contribution in [0.25, 0.3) is 6.08 Å². The van der Waals surface area contributed by atoms with Gasteiger partial charge in [-0.25, -0.2) is 0 Å². The number of carbonyl (C=O) groups excluding carboxylic acids is 1. The highest BCUT2D eigenvalue weighted by molar-refractivity contribution is 5.88. The van der Waals surface area contributed by atoms with E-state index in [1.165, 1.54) is 0 Å². The largest absolute Gasteiger partial charge is 0.485 e. The summed E-state index contributed by atoms with van der Waals surface area (Å²) >= 11 is 0. The Labute approximate surface area is 114 Å². The van der Waals surface area contributed by atoms with Gasteiger partial charge >= 0.3 is 0 Å². The van der Waals surface area contributed by atoms with Crippen molar-refractivity contribution < 1.29 is 9.53 Å². The lowest BCUT2D eigenvalue weighted by Gasteiger charge is -2.22. The summed E-state index contributed by atoms with van der Waals surface area (Å²) in [7, 11) is 0. The van der Waals surface area contributed by atoms with Gasteiger partial charge in [0, 0.05) is 17.7 Å².